The summed E-state index contributed by atoms with van der Waals surface area (Å²) in [6, 6.07) is 55.0. The maximum atomic E-state index is 14.5. The van der Waals surface area contributed by atoms with Crippen LogP contribution in [0.5, 0.6) is 11.5 Å². The third-order valence-corrected chi connectivity index (χ3v) is 18.5. The number of methoxy groups -OCH3 is 2. The fourth-order valence-electron chi connectivity index (χ4n) is 13.4. The summed E-state index contributed by atoms with van der Waals surface area (Å²) >= 11 is 0. The number of urea groups is 1. The van der Waals surface area contributed by atoms with Crippen molar-refractivity contribution in [3.05, 3.63) is 216 Å². The average Bonchev–Trinajstić information content (AvgIpc) is 1.50. The van der Waals surface area contributed by atoms with E-state index in [9.17, 15) is 30.0 Å². The molecule has 3 fully saturated rings. The molecule has 8 atom stereocenters. The van der Waals surface area contributed by atoms with Gasteiger partial charge in [0.15, 0.2) is 23.2 Å². The molecule has 0 unspecified atom stereocenters. The van der Waals surface area contributed by atoms with Crippen LogP contribution < -0.4 is 25.4 Å². The number of rotatable bonds is 26. The van der Waals surface area contributed by atoms with Crippen molar-refractivity contribution in [3.8, 4) is 11.5 Å². The minimum Gasteiger partial charge on any atom is -0.497 e. The van der Waals surface area contributed by atoms with Gasteiger partial charge in [-0.3, -0.25) is 14.8 Å². The van der Waals surface area contributed by atoms with E-state index >= 15 is 0 Å². The maximum Gasteiger partial charge on any atom is 0.407 e. The highest BCUT2D eigenvalue weighted by atomic mass is 16.6. The van der Waals surface area contributed by atoms with E-state index in [1.54, 1.807) is 25.1 Å². The highest BCUT2D eigenvalue weighted by molar-refractivity contribution is 5.99. The molecule has 0 spiro atoms. The number of aliphatic imine (C=N–C) groups is 1. The predicted molar refractivity (Wildman–Crippen MR) is 370 cm³/mol. The largest absolute Gasteiger partial charge is 0.497 e. The number of unbranched alkanes of at least 4 members (excludes halogenated alkanes) is 2. The Bertz CT molecular complexity index is 3820. The van der Waals surface area contributed by atoms with Gasteiger partial charge in [0.25, 0.3) is 0 Å². The lowest BCUT2D eigenvalue weighted by Gasteiger charge is -2.42. The lowest BCUT2D eigenvalue weighted by Crippen LogP contribution is -2.63. The first-order chi connectivity index (χ1) is 46.7. The molecular formula is C75H91N11O11. The van der Waals surface area contributed by atoms with E-state index in [4.69, 9.17) is 43.6 Å². The number of aliphatic hydroxyl groups is 4. The summed E-state index contributed by atoms with van der Waals surface area (Å²) in [6.07, 6.45) is -2.22. The van der Waals surface area contributed by atoms with Gasteiger partial charge in [0.1, 0.15) is 71.8 Å². The van der Waals surface area contributed by atoms with Crippen LogP contribution in [0.2, 0.25) is 0 Å². The van der Waals surface area contributed by atoms with Gasteiger partial charge in [0, 0.05) is 32.1 Å². The Labute approximate surface area is 567 Å². The highest BCUT2D eigenvalue weighted by Crippen LogP contribution is 2.44. The Balaban J connectivity index is 0.869. The van der Waals surface area contributed by atoms with E-state index < -0.39 is 78.4 Å². The first-order valence-corrected chi connectivity index (χ1v) is 33.3. The van der Waals surface area contributed by atoms with Crippen LogP contribution in [-0.4, -0.2) is 175 Å². The van der Waals surface area contributed by atoms with Gasteiger partial charge in [-0.1, -0.05) is 173 Å². The van der Waals surface area contributed by atoms with Gasteiger partial charge < -0.3 is 64.5 Å². The molecule has 22 heteroatoms. The first kappa shape index (κ1) is 69.4. The van der Waals surface area contributed by atoms with Gasteiger partial charge in [-0.15, -0.1) is 0 Å². The Hall–Kier alpha value is -9.00. The molecule has 0 radical (unpaired) electrons. The number of aromatic nitrogens is 4. The summed E-state index contributed by atoms with van der Waals surface area (Å²) in [5.41, 5.74) is 2.85. The number of benzene rings is 6. The standard InChI is InChI=1S/C75H91N11O11/c1-72(2,3)61(79-71(92)97-73(4,5)6)40-43-83(45-59-64(89)65(90)68(96-59)85-48-78-63-66(76-47-77-67(63)85)81-74(50-24-14-9-15-25-50,51-26-16-10-17-27-51)54-32-36-56(93-7)37-33-54)41-22-13-23-42-84-49-86(62-44-58(88)60(46-87)95-62)70(91)80-69(84)82-75(52-28-18-11-19-29-52,53-30-20-12-21-31-53)55-34-38-57(94-8)39-35-55/h9-12,14-21,24-39,47-48,58-62,64-65,68,87-90H,13,22-23,40-46,49H2,1-8H3,(H,79,92)(H,76,77,81)(H,80,82,91)/t58-,59+,60+,61-,62+,64+,65+,68+/m0/s1. The number of nitrogens with zero attached hydrogens (tertiary/aromatic N) is 8. The smallest absolute Gasteiger partial charge is 0.407 e. The second-order valence-electron chi connectivity index (χ2n) is 27.2. The quantitative estimate of drug-likeness (QED) is 0.0196. The van der Waals surface area contributed by atoms with Gasteiger partial charge in [-0.05, 0) is 110 Å². The summed E-state index contributed by atoms with van der Waals surface area (Å²) in [7, 11) is 3.26. The lowest BCUT2D eigenvalue weighted by atomic mass is 9.77. The van der Waals surface area contributed by atoms with E-state index in [2.05, 4.69) is 65.9 Å². The summed E-state index contributed by atoms with van der Waals surface area (Å²) < 4.78 is 31.5. The number of carbonyl (C=O) groups excluding carboxylic acids is 2. The van der Waals surface area contributed by atoms with Crippen LogP contribution in [0.15, 0.2) is 188 Å². The molecule has 97 heavy (non-hydrogen) atoms. The van der Waals surface area contributed by atoms with Crippen LogP contribution in [0.4, 0.5) is 15.4 Å². The highest BCUT2D eigenvalue weighted by Gasteiger charge is 2.47. The normalized spacial score (nSPS) is 20.9. The van der Waals surface area contributed by atoms with Crippen LogP contribution in [0.3, 0.4) is 0 Å². The third kappa shape index (κ3) is 15.4. The zero-order chi connectivity index (χ0) is 68.5. The Morgan fingerprint density at radius 3 is 1.79 bits per heavy atom. The van der Waals surface area contributed by atoms with Crippen LogP contribution >= 0.6 is 0 Å². The number of alkyl carbamates (subject to hydrolysis) is 1. The zero-order valence-electron chi connectivity index (χ0n) is 56.4. The Morgan fingerprint density at radius 1 is 0.691 bits per heavy atom. The third-order valence-electron chi connectivity index (χ3n) is 18.5. The van der Waals surface area contributed by atoms with E-state index in [-0.39, 0.29) is 31.1 Å². The number of ether oxygens (including phenoxy) is 5. The van der Waals surface area contributed by atoms with E-state index in [0.29, 0.717) is 79.8 Å². The first-order valence-electron chi connectivity index (χ1n) is 33.3. The number of amides is 3. The van der Waals surface area contributed by atoms with Crippen molar-refractivity contribution in [2.24, 2.45) is 10.4 Å². The summed E-state index contributed by atoms with van der Waals surface area (Å²) in [6.45, 7) is 13.0. The molecule has 512 valence electrons. The molecule has 3 saturated heterocycles. The maximum absolute atomic E-state index is 14.5. The number of hydrogen-bond donors (Lipinski definition) is 7. The van der Waals surface area contributed by atoms with Crippen molar-refractivity contribution >= 4 is 35.1 Å². The molecule has 3 aliphatic heterocycles. The molecule has 5 heterocycles. The zero-order valence-corrected chi connectivity index (χ0v) is 56.4. The van der Waals surface area contributed by atoms with Crippen molar-refractivity contribution < 1.29 is 53.7 Å². The lowest BCUT2D eigenvalue weighted by molar-refractivity contribution is -0.0731. The average molecular weight is 1320 g/mol. The number of fused-ring (bicyclic) bond motifs is 1. The summed E-state index contributed by atoms with van der Waals surface area (Å²) in [4.78, 5) is 53.7. The van der Waals surface area contributed by atoms with Gasteiger partial charge in [0.2, 0.25) is 5.96 Å². The van der Waals surface area contributed by atoms with Crippen LogP contribution in [0, 0.1) is 5.41 Å². The van der Waals surface area contributed by atoms with Crippen LogP contribution in [-0.2, 0) is 25.3 Å². The van der Waals surface area contributed by atoms with Gasteiger partial charge >= 0.3 is 12.1 Å². The van der Waals surface area contributed by atoms with Crippen molar-refractivity contribution in [1.82, 2.24) is 44.9 Å². The predicted octanol–water partition coefficient (Wildman–Crippen LogP) is 9.77. The molecule has 3 amide bonds. The van der Waals surface area contributed by atoms with Crippen molar-refractivity contribution in [2.45, 2.75) is 139 Å². The number of aliphatic hydroxyl groups excluding tert-OH is 4. The number of anilines is 1. The number of hydrogen-bond acceptors (Lipinski definition) is 17. The van der Waals surface area contributed by atoms with Crippen LogP contribution in [0.1, 0.15) is 113 Å². The van der Waals surface area contributed by atoms with Gasteiger partial charge in [0.05, 0.1) is 33.3 Å². The Morgan fingerprint density at radius 2 is 1.25 bits per heavy atom. The summed E-state index contributed by atoms with van der Waals surface area (Å²) in [5.74, 6) is 2.13. The summed E-state index contributed by atoms with van der Waals surface area (Å²) in [5, 5.41) is 55.3. The number of imidazole rings is 1. The fourth-order valence-corrected chi connectivity index (χ4v) is 13.4. The van der Waals surface area contributed by atoms with E-state index in [1.807, 2.05) is 171 Å². The molecule has 0 aliphatic carbocycles. The van der Waals surface area contributed by atoms with E-state index in [0.717, 1.165) is 33.4 Å². The van der Waals surface area contributed by atoms with Gasteiger partial charge in [-0.25, -0.2) is 29.5 Å². The number of nitrogens with one attached hydrogen (secondary N) is 3. The fraction of sp³-hybridized carbons (Fsp3) is 0.413. The SMILES string of the molecule is COc1ccc(C(N=C2NC(=O)N([C@H]3C[C@H](O)[C@@H](CO)O3)CN2CCCCCN(CC[C@H](NC(=O)OC(C)(C)C)C(C)(C)C)C[C@H]2O[C@@H](n3cnc4c(NC(c5ccccc5)(c5ccccc5)c5ccc(OC)cc5)ncnc43)[C@H](O)[C@@H]2O)(c2ccccc2)c2ccccc2)cc1. The van der Waals surface area contributed by atoms with Crippen LogP contribution in [0.25, 0.3) is 11.2 Å². The number of guanidine groups is 1. The minimum atomic E-state index is -1.39. The minimum absolute atomic E-state index is 0.0652. The second-order valence-corrected chi connectivity index (χ2v) is 27.2. The topological polar surface area (TPSA) is 263 Å². The molecule has 2 aromatic heterocycles. The molecule has 0 saturated carbocycles. The van der Waals surface area contributed by atoms with Gasteiger partial charge in [-0.2, -0.15) is 0 Å². The molecule has 11 rings (SSSR count). The number of carbonyl (C=O) groups is 2. The molecule has 3 aliphatic rings. The van der Waals surface area contributed by atoms with E-state index in [1.165, 1.54) is 11.2 Å². The van der Waals surface area contributed by atoms with Crippen molar-refractivity contribution in [1.29, 1.82) is 0 Å². The molecule has 7 N–H and O–H groups in total. The molecule has 22 nitrogen and oxygen atoms in total. The molecular weight excluding hydrogens is 1230 g/mol. The van der Waals surface area contributed by atoms with Crippen molar-refractivity contribution in [3.63, 3.8) is 0 Å². The second kappa shape index (κ2) is 30.2. The molecule has 0 bridgehead atoms. The van der Waals surface area contributed by atoms with Crippen molar-refractivity contribution in [2.75, 3.05) is 59.0 Å². The monoisotopic (exact) mass is 1320 g/mol. The molecule has 6 aromatic carbocycles. The molecule has 8 aromatic rings. The Kier molecular flexibility index (Phi) is 21.6.